The maximum absolute atomic E-state index is 12.9. The molecule has 1 aromatic carbocycles. The van der Waals surface area contributed by atoms with Crippen LogP contribution in [0.2, 0.25) is 0 Å². The molecule has 0 saturated carbocycles. The first-order chi connectivity index (χ1) is 9.40. The highest BCUT2D eigenvalue weighted by atomic mass is 79.9. The molecule has 2 aromatic rings. The van der Waals surface area contributed by atoms with E-state index in [1.165, 1.54) is 6.07 Å². The SMILES string of the molecule is CCc1ccc(CNc2ccc(Br)cc2C(F)(F)F)o1. The molecule has 0 aliphatic rings. The Hall–Kier alpha value is -1.43. The molecule has 0 fully saturated rings. The van der Waals surface area contributed by atoms with Crippen LogP contribution in [0.4, 0.5) is 18.9 Å². The van der Waals surface area contributed by atoms with E-state index in [2.05, 4.69) is 21.2 Å². The number of hydrogen-bond donors (Lipinski definition) is 1. The summed E-state index contributed by atoms with van der Waals surface area (Å²) in [5, 5.41) is 2.77. The van der Waals surface area contributed by atoms with Gasteiger partial charge in [-0.05, 0) is 30.3 Å². The predicted molar refractivity (Wildman–Crippen MR) is 74.6 cm³/mol. The first-order valence-corrected chi connectivity index (χ1v) is 6.87. The standard InChI is InChI=1S/C14H13BrF3NO/c1-2-10-4-5-11(20-10)8-19-13-6-3-9(15)7-12(13)14(16,17)18/h3-7,19H,2,8H2,1H3. The van der Waals surface area contributed by atoms with Crippen LogP contribution < -0.4 is 5.32 Å². The van der Waals surface area contributed by atoms with Crippen LogP contribution in [0.3, 0.4) is 0 Å². The van der Waals surface area contributed by atoms with E-state index in [0.717, 1.165) is 18.2 Å². The van der Waals surface area contributed by atoms with Crippen LogP contribution in [0.15, 0.2) is 39.2 Å². The van der Waals surface area contributed by atoms with Gasteiger partial charge in [0.05, 0.1) is 12.1 Å². The highest BCUT2D eigenvalue weighted by Gasteiger charge is 2.33. The molecular formula is C14H13BrF3NO. The van der Waals surface area contributed by atoms with E-state index >= 15 is 0 Å². The summed E-state index contributed by atoms with van der Waals surface area (Å²) < 4.78 is 44.6. The quantitative estimate of drug-likeness (QED) is 0.818. The van der Waals surface area contributed by atoms with Crippen LogP contribution in [0, 0.1) is 0 Å². The lowest BCUT2D eigenvalue weighted by atomic mass is 10.1. The largest absolute Gasteiger partial charge is 0.464 e. The van der Waals surface area contributed by atoms with E-state index in [9.17, 15) is 13.2 Å². The van der Waals surface area contributed by atoms with Crippen LogP contribution in [0.25, 0.3) is 0 Å². The van der Waals surface area contributed by atoms with Crippen molar-refractivity contribution in [2.75, 3.05) is 5.32 Å². The van der Waals surface area contributed by atoms with Crippen molar-refractivity contribution in [2.45, 2.75) is 26.1 Å². The minimum absolute atomic E-state index is 0.0372. The van der Waals surface area contributed by atoms with E-state index in [1.807, 2.05) is 13.0 Å². The summed E-state index contributed by atoms with van der Waals surface area (Å²) in [5.41, 5.74) is -0.663. The van der Waals surface area contributed by atoms with Gasteiger partial charge in [-0.3, -0.25) is 0 Å². The number of nitrogens with one attached hydrogen (secondary N) is 1. The zero-order valence-electron chi connectivity index (χ0n) is 10.7. The van der Waals surface area contributed by atoms with E-state index < -0.39 is 11.7 Å². The average molecular weight is 348 g/mol. The van der Waals surface area contributed by atoms with Crippen LogP contribution >= 0.6 is 15.9 Å². The summed E-state index contributed by atoms with van der Waals surface area (Å²) in [6.45, 7) is 2.16. The lowest BCUT2D eigenvalue weighted by molar-refractivity contribution is -0.137. The average Bonchev–Trinajstić information content (AvgIpc) is 2.84. The third-order valence-corrected chi connectivity index (χ3v) is 3.30. The summed E-state index contributed by atoms with van der Waals surface area (Å²) in [5.74, 6) is 1.42. The maximum atomic E-state index is 12.9. The van der Waals surface area contributed by atoms with E-state index in [0.29, 0.717) is 10.2 Å². The highest BCUT2D eigenvalue weighted by molar-refractivity contribution is 9.10. The molecule has 0 aliphatic heterocycles. The number of benzene rings is 1. The molecule has 2 rings (SSSR count). The predicted octanol–water partition coefficient (Wildman–Crippen LogP) is 5.24. The smallest absolute Gasteiger partial charge is 0.418 e. The minimum atomic E-state index is -4.40. The van der Waals surface area contributed by atoms with Gasteiger partial charge in [-0.1, -0.05) is 22.9 Å². The summed E-state index contributed by atoms with van der Waals surface area (Å²) in [6.07, 6.45) is -3.64. The molecule has 1 heterocycles. The van der Waals surface area contributed by atoms with E-state index in [4.69, 9.17) is 4.42 Å². The number of halogens is 4. The topological polar surface area (TPSA) is 25.2 Å². The second kappa shape index (κ2) is 5.91. The fraction of sp³-hybridized carbons (Fsp3) is 0.286. The van der Waals surface area contributed by atoms with Crippen molar-refractivity contribution < 1.29 is 17.6 Å². The molecule has 108 valence electrons. The van der Waals surface area contributed by atoms with Crippen molar-refractivity contribution in [3.05, 3.63) is 51.9 Å². The molecule has 0 spiro atoms. The summed E-state index contributed by atoms with van der Waals surface area (Å²) in [6, 6.07) is 7.61. The molecule has 0 radical (unpaired) electrons. The highest BCUT2D eigenvalue weighted by Crippen LogP contribution is 2.36. The van der Waals surface area contributed by atoms with Gasteiger partial charge < -0.3 is 9.73 Å². The van der Waals surface area contributed by atoms with Crippen LogP contribution in [-0.4, -0.2) is 0 Å². The van der Waals surface area contributed by atoms with E-state index in [-0.39, 0.29) is 12.2 Å². The Bertz CT molecular complexity index is 592. The number of alkyl halides is 3. The van der Waals surface area contributed by atoms with Gasteiger partial charge in [-0.2, -0.15) is 13.2 Å². The number of aryl methyl sites for hydroxylation is 1. The molecule has 1 aromatic heterocycles. The van der Waals surface area contributed by atoms with Gasteiger partial charge in [-0.25, -0.2) is 0 Å². The molecule has 6 heteroatoms. The Morgan fingerprint density at radius 1 is 1.15 bits per heavy atom. The molecule has 1 N–H and O–H groups in total. The molecular weight excluding hydrogens is 335 g/mol. The zero-order valence-corrected chi connectivity index (χ0v) is 12.3. The second-order valence-corrected chi connectivity index (χ2v) is 5.18. The monoisotopic (exact) mass is 347 g/mol. The van der Waals surface area contributed by atoms with Gasteiger partial charge in [0.2, 0.25) is 0 Å². The molecule has 0 atom stereocenters. The third-order valence-electron chi connectivity index (χ3n) is 2.81. The van der Waals surface area contributed by atoms with Gasteiger partial charge >= 0.3 is 6.18 Å². The first-order valence-electron chi connectivity index (χ1n) is 6.08. The van der Waals surface area contributed by atoms with Crippen molar-refractivity contribution in [1.29, 1.82) is 0 Å². The maximum Gasteiger partial charge on any atom is 0.418 e. The zero-order chi connectivity index (χ0) is 14.8. The summed E-state index contributed by atoms with van der Waals surface area (Å²) in [4.78, 5) is 0. The fourth-order valence-corrected chi connectivity index (χ4v) is 2.16. The Kier molecular flexibility index (Phi) is 4.42. The van der Waals surface area contributed by atoms with E-state index in [1.54, 1.807) is 12.1 Å². The molecule has 2 nitrogen and oxygen atoms in total. The van der Waals surface area contributed by atoms with Gasteiger partial charge in [0.15, 0.2) is 0 Å². The van der Waals surface area contributed by atoms with Crippen molar-refractivity contribution in [1.82, 2.24) is 0 Å². The van der Waals surface area contributed by atoms with Crippen LogP contribution in [0.1, 0.15) is 24.0 Å². The number of rotatable bonds is 4. The third kappa shape index (κ3) is 3.56. The van der Waals surface area contributed by atoms with Gasteiger partial charge in [0, 0.05) is 16.6 Å². The normalized spacial score (nSPS) is 11.7. The van der Waals surface area contributed by atoms with Crippen molar-refractivity contribution >= 4 is 21.6 Å². The summed E-state index contributed by atoms with van der Waals surface area (Å²) >= 11 is 3.05. The molecule has 0 bridgehead atoms. The Morgan fingerprint density at radius 3 is 2.45 bits per heavy atom. The lowest BCUT2D eigenvalue weighted by Crippen LogP contribution is -2.10. The molecule has 0 saturated heterocycles. The van der Waals surface area contributed by atoms with Gasteiger partial charge in [0.1, 0.15) is 11.5 Å². The number of hydrogen-bond acceptors (Lipinski definition) is 2. The van der Waals surface area contributed by atoms with Crippen molar-refractivity contribution in [3.8, 4) is 0 Å². The molecule has 0 amide bonds. The summed E-state index contributed by atoms with van der Waals surface area (Å²) in [7, 11) is 0. The molecule has 0 unspecified atom stereocenters. The number of anilines is 1. The molecule has 20 heavy (non-hydrogen) atoms. The van der Waals surface area contributed by atoms with Crippen LogP contribution in [-0.2, 0) is 19.1 Å². The minimum Gasteiger partial charge on any atom is -0.464 e. The van der Waals surface area contributed by atoms with Crippen molar-refractivity contribution in [3.63, 3.8) is 0 Å². The number of furan rings is 1. The van der Waals surface area contributed by atoms with Gasteiger partial charge in [0.25, 0.3) is 0 Å². The molecule has 0 aliphatic carbocycles. The first kappa shape index (κ1) is 15.0. The second-order valence-electron chi connectivity index (χ2n) is 4.26. The lowest BCUT2D eigenvalue weighted by Gasteiger charge is -2.14. The van der Waals surface area contributed by atoms with Gasteiger partial charge in [-0.15, -0.1) is 0 Å². The van der Waals surface area contributed by atoms with Crippen molar-refractivity contribution in [2.24, 2.45) is 0 Å². The Balaban J connectivity index is 2.17. The van der Waals surface area contributed by atoms with Crippen LogP contribution in [0.5, 0.6) is 0 Å². The Labute approximate surface area is 123 Å². The Morgan fingerprint density at radius 2 is 1.85 bits per heavy atom. The fourth-order valence-electron chi connectivity index (χ4n) is 1.79.